The molecule has 4 amide bonds. The van der Waals surface area contributed by atoms with Crippen LogP contribution in [-0.2, 0) is 19.2 Å². The fourth-order valence-electron chi connectivity index (χ4n) is 8.54. The minimum Gasteiger partial charge on any atom is -0.350 e. The second-order valence-electron chi connectivity index (χ2n) is 19.6. The summed E-state index contributed by atoms with van der Waals surface area (Å²) in [7, 11) is 0. The summed E-state index contributed by atoms with van der Waals surface area (Å²) in [5, 5.41) is 12.7. The number of benzene rings is 4. The van der Waals surface area contributed by atoms with Gasteiger partial charge in [0.05, 0.1) is 49.6 Å². The lowest BCUT2D eigenvalue weighted by Crippen LogP contribution is -2.26. The van der Waals surface area contributed by atoms with Gasteiger partial charge in [-0.1, -0.05) is 194 Å². The Kier molecular flexibility index (Phi) is 30.3. The molecule has 4 aromatic rings. The predicted octanol–water partition coefficient (Wildman–Crippen LogP) is 18.0. The van der Waals surface area contributed by atoms with Crippen LogP contribution in [0, 0.1) is 0 Å². The van der Waals surface area contributed by atoms with Crippen molar-refractivity contribution in [3.63, 3.8) is 0 Å². The standard InChI is InChI=1S/C62H80N4O4S8/c1-45(49-29-13-5-14-30-49)63-53(67)37-21-9-25-41-71-57-58(72-42-26-10-22-38-54(68)64-46(2)50-31-15-6-16-32-50)76-61(75-57)62-77-59(73-43-27-11-23-39-55(69)65-47(3)51-33-17-7-18-34-51)60(78-62)74-44-28-12-24-40-56(70)66-48(4)52-35-19-8-20-36-52/h5-8,13-20,29-36,45-48H,9-12,21-28,37-44H2,1-4H3,(H,63,67)(H,64,68)(H,65,69)(H,66,70)/t45-,46-,47-,48-/m1/s1. The quantitative estimate of drug-likeness (QED) is 0.0325. The molecule has 0 unspecified atom stereocenters. The van der Waals surface area contributed by atoms with Crippen LogP contribution in [0.2, 0.25) is 0 Å². The molecule has 16 heteroatoms. The van der Waals surface area contributed by atoms with E-state index in [9.17, 15) is 19.2 Å². The first-order valence-corrected chi connectivity index (χ1v) is 35.1. The predicted molar refractivity (Wildman–Crippen MR) is 347 cm³/mol. The normalized spacial score (nSPS) is 15.0. The largest absolute Gasteiger partial charge is 0.350 e. The number of nitrogens with one attached hydrogen (secondary N) is 4. The molecule has 0 saturated carbocycles. The van der Waals surface area contributed by atoms with Gasteiger partial charge in [0.1, 0.15) is 0 Å². The zero-order valence-electron chi connectivity index (χ0n) is 45.9. The molecule has 0 radical (unpaired) electrons. The zero-order valence-corrected chi connectivity index (χ0v) is 52.4. The number of thioether (sulfide) groups is 8. The number of hydrogen-bond acceptors (Lipinski definition) is 12. The monoisotopic (exact) mass is 1200 g/mol. The van der Waals surface area contributed by atoms with Gasteiger partial charge in [-0.25, -0.2) is 0 Å². The Bertz CT molecular complexity index is 2210. The highest BCUT2D eigenvalue weighted by molar-refractivity contribution is 8.45. The van der Waals surface area contributed by atoms with E-state index in [1.807, 2.05) is 195 Å². The van der Waals surface area contributed by atoms with Crippen LogP contribution in [0.5, 0.6) is 0 Å². The van der Waals surface area contributed by atoms with Crippen molar-refractivity contribution in [3.8, 4) is 0 Å². The maximum absolute atomic E-state index is 12.8. The first-order valence-electron chi connectivity index (χ1n) is 27.8. The molecule has 0 saturated heterocycles. The summed E-state index contributed by atoms with van der Waals surface area (Å²) in [5.41, 5.74) is 4.48. The second-order valence-corrected chi connectivity index (χ2v) is 29.6. The van der Waals surface area contributed by atoms with Crippen molar-refractivity contribution in [1.82, 2.24) is 21.3 Å². The summed E-state index contributed by atoms with van der Waals surface area (Å²) in [6.07, 6.45) is 13.9. The van der Waals surface area contributed by atoms with E-state index in [-0.39, 0.29) is 47.8 Å². The summed E-state index contributed by atoms with van der Waals surface area (Å²) in [4.78, 5) is 51.2. The Morgan fingerprint density at radius 1 is 0.321 bits per heavy atom. The van der Waals surface area contributed by atoms with Gasteiger partial charge in [-0.05, 0) is 124 Å². The van der Waals surface area contributed by atoms with Crippen LogP contribution in [-0.4, -0.2) is 46.6 Å². The van der Waals surface area contributed by atoms with Gasteiger partial charge in [-0.2, -0.15) is 0 Å². The van der Waals surface area contributed by atoms with Crippen molar-refractivity contribution in [1.29, 1.82) is 0 Å². The van der Waals surface area contributed by atoms with Gasteiger partial charge < -0.3 is 21.3 Å². The average Bonchev–Trinajstić information content (AvgIpc) is 4.06. The lowest BCUT2D eigenvalue weighted by molar-refractivity contribution is -0.122. The molecular weight excluding hydrogens is 1120 g/mol. The molecule has 0 bridgehead atoms. The molecule has 0 aromatic heterocycles. The van der Waals surface area contributed by atoms with Crippen LogP contribution in [0.15, 0.2) is 147 Å². The molecule has 6 rings (SSSR count). The van der Waals surface area contributed by atoms with Crippen LogP contribution in [0.25, 0.3) is 0 Å². The van der Waals surface area contributed by atoms with Gasteiger partial charge in [0.2, 0.25) is 23.6 Å². The summed E-state index contributed by atoms with van der Waals surface area (Å²) in [6.45, 7) is 8.17. The van der Waals surface area contributed by atoms with E-state index in [1.54, 1.807) is 0 Å². The minimum atomic E-state index is -0.00187. The maximum atomic E-state index is 12.8. The fraction of sp³-hybridized carbons (Fsp3) is 0.452. The van der Waals surface area contributed by atoms with Gasteiger partial charge in [-0.15, -0.1) is 47.0 Å². The van der Waals surface area contributed by atoms with Gasteiger partial charge in [0.25, 0.3) is 0 Å². The fourth-order valence-corrected chi connectivity index (χ4v) is 20.8. The van der Waals surface area contributed by atoms with E-state index < -0.39 is 0 Å². The Balaban J connectivity index is 1.00. The number of rotatable bonds is 36. The lowest BCUT2D eigenvalue weighted by atomic mass is 10.1. The van der Waals surface area contributed by atoms with Crippen LogP contribution in [0.3, 0.4) is 0 Å². The molecule has 420 valence electrons. The van der Waals surface area contributed by atoms with Gasteiger partial charge in [0.15, 0.2) is 0 Å². The molecule has 8 nitrogen and oxygen atoms in total. The molecule has 4 N–H and O–H groups in total. The maximum Gasteiger partial charge on any atom is 0.220 e. The molecule has 0 aliphatic carbocycles. The molecule has 4 atom stereocenters. The number of carbonyl (C=O) groups excluding carboxylic acids is 4. The first-order chi connectivity index (χ1) is 38.0. The molecule has 4 aromatic carbocycles. The summed E-state index contributed by atoms with van der Waals surface area (Å²) in [5.74, 6) is 4.48. The van der Waals surface area contributed by atoms with E-state index in [1.165, 1.54) is 25.4 Å². The average molecular weight is 1200 g/mol. The Labute approximate surface area is 500 Å². The van der Waals surface area contributed by atoms with Crippen molar-refractivity contribution >= 4 is 118 Å². The van der Waals surface area contributed by atoms with Crippen LogP contribution < -0.4 is 21.3 Å². The third-order valence-electron chi connectivity index (χ3n) is 13.1. The number of amides is 4. The Hall–Kier alpha value is -3.22. The van der Waals surface area contributed by atoms with E-state index in [2.05, 4.69) is 69.8 Å². The Morgan fingerprint density at radius 3 is 0.731 bits per heavy atom. The smallest absolute Gasteiger partial charge is 0.220 e. The molecule has 2 heterocycles. The minimum absolute atomic E-state index is 0.00187. The van der Waals surface area contributed by atoms with E-state index in [0.29, 0.717) is 25.7 Å². The Morgan fingerprint density at radius 2 is 0.526 bits per heavy atom. The SMILES string of the molecule is C[C@@H](NC(=O)CCCCCSC1=C(SCCCCCC(=O)N[C@H](C)c2ccccc2)SC(=C2SC(SCCCCCC(=O)N[C@H](C)c3ccccc3)=C(SCCCCCC(=O)N[C@H](C)c3ccccc3)S2)S1)c1ccccc1. The van der Waals surface area contributed by atoms with Crippen molar-refractivity contribution in [2.24, 2.45) is 0 Å². The summed E-state index contributed by atoms with van der Waals surface area (Å²) < 4.78 is 8.27. The third kappa shape index (κ3) is 24.1. The van der Waals surface area contributed by atoms with Crippen molar-refractivity contribution in [3.05, 3.63) is 169 Å². The zero-order chi connectivity index (χ0) is 55.2. The highest BCUT2D eigenvalue weighted by Gasteiger charge is 2.31. The van der Waals surface area contributed by atoms with E-state index >= 15 is 0 Å². The highest BCUT2D eigenvalue weighted by Crippen LogP contribution is 2.66. The van der Waals surface area contributed by atoms with Crippen LogP contribution in [0.4, 0.5) is 0 Å². The number of hydrogen-bond donors (Lipinski definition) is 4. The second kappa shape index (κ2) is 37.0. The molecule has 0 spiro atoms. The third-order valence-corrected chi connectivity index (χ3v) is 25.0. The van der Waals surface area contributed by atoms with E-state index in [0.717, 1.165) is 122 Å². The molecule has 0 fully saturated rings. The summed E-state index contributed by atoms with van der Waals surface area (Å²) >= 11 is 15.6. The van der Waals surface area contributed by atoms with Gasteiger partial charge in [-0.3, -0.25) is 19.2 Å². The molecule has 78 heavy (non-hydrogen) atoms. The molecular formula is C62H80N4O4S8. The lowest BCUT2D eigenvalue weighted by Gasteiger charge is -2.14. The van der Waals surface area contributed by atoms with Crippen molar-refractivity contribution < 1.29 is 19.2 Å². The van der Waals surface area contributed by atoms with Gasteiger partial charge >= 0.3 is 0 Å². The van der Waals surface area contributed by atoms with Gasteiger partial charge in [0, 0.05) is 25.7 Å². The molecule has 2 aliphatic heterocycles. The number of carbonyl (C=O) groups is 4. The topological polar surface area (TPSA) is 116 Å². The van der Waals surface area contributed by atoms with Crippen molar-refractivity contribution in [2.75, 3.05) is 23.0 Å². The van der Waals surface area contributed by atoms with Crippen molar-refractivity contribution in [2.45, 2.75) is 155 Å². The van der Waals surface area contributed by atoms with E-state index in [4.69, 9.17) is 0 Å². The van der Waals surface area contributed by atoms with Crippen LogP contribution >= 0.6 is 94.1 Å². The summed E-state index contributed by atoms with van der Waals surface area (Å²) in [6, 6.07) is 40.5. The molecule has 2 aliphatic rings. The first kappa shape index (κ1) is 64.0. The number of unbranched alkanes of at least 4 members (excludes halogenated alkanes) is 8. The highest BCUT2D eigenvalue weighted by atomic mass is 32.3. The van der Waals surface area contributed by atoms with Crippen LogP contribution in [0.1, 0.15) is 177 Å².